The summed E-state index contributed by atoms with van der Waals surface area (Å²) in [5, 5.41) is 0.782. The van der Waals surface area contributed by atoms with Crippen LogP contribution in [-0.4, -0.2) is 26.0 Å². The van der Waals surface area contributed by atoms with E-state index in [4.69, 9.17) is 9.47 Å². The van der Waals surface area contributed by atoms with Crippen molar-refractivity contribution in [1.29, 1.82) is 0 Å². The van der Waals surface area contributed by atoms with E-state index in [1.165, 1.54) is 0 Å². The summed E-state index contributed by atoms with van der Waals surface area (Å²) >= 11 is 0. The number of fused-ring (bicyclic) bond motifs is 4. The lowest BCUT2D eigenvalue weighted by Crippen LogP contribution is -2.26. The predicted molar refractivity (Wildman–Crippen MR) is 113 cm³/mol. The van der Waals surface area contributed by atoms with Gasteiger partial charge in [-0.15, -0.1) is 0 Å². The number of Topliss-reactive ketones (excluding diaryl/α,β-unsaturated/α-hetero) is 1. The van der Waals surface area contributed by atoms with Crippen LogP contribution in [-0.2, 0) is 16.4 Å². The second-order valence-corrected chi connectivity index (χ2v) is 10.4. The molecule has 0 radical (unpaired) electrons. The maximum absolute atomic E-state index is 13.1. The molecule has 0 atom stereocenters. The lowest BCUT2D eigenvalue weighted by Gasteiger charge is -2.28. The highest BCUT2D eigenvalue weighted by molar-refractivity contribution is 7.92. The summed E-state index contributed by atoms with van der Waals surface area (Å²) in [6.45, 7) is 5.99. The minimum atomic E-state index is -3.84. The van der Waals surface area contributed by atoms with Gasteiger partial charge in [0.1, 0.15) is 0 Å². The van der Waals surface area contributed by atoms with Gasteiger partial charge in [-0.25, -0.2) is 8.42 Å². The van der Waals surface area contributed by atoms with Crippen molar-refractivity contribution >= 4 is 32.4 Å². The van der Waals surface area contributed by atoms with Crippen molar-refractivity contribution in [2.45, 2.75) is 38.5 Å². The molecule has 7 nitrogen and oxygen atoms in total. The first-order chi connectivity index (χ1) is 14.1. The number of carbonyl (C=O) groups excluding carboxylic acids is 1. The van der Waals surface area contributed by atoms with E-state index >= 15 is 0 Å². The highest BCUT2D eigenvalue weighted by atomic mass is 32.2. The van der Waals surface area contributed by atoms with Gasteiger partial charge in [-0.1, -0.05) is 13.8 Å². The van der Waals surface area contributed by atoms with Crippen molar-refractivity contribution in [3.63, 3.8) is 0 Å². The number of sulfonamides is 1. The monoisotopic (exact) mass is 426 g/mol. The molecule has 156 valence electrons. The van der Waals surface area contributed by atoms with Crippen molar-refractivity contribution in [3.05, 3.63) is 47.2 Å². The largest absolute Gasteiger partial charge is 0.454 e. The number of ketones is 1. The van der Waals surface area contributed by atoms with E-state index in [9.17, 15) is 13.2 Å². The maximum atomic E-state index is 13.1. The Kier molecular flexibility index (Phi) is 3.96. The van der Waals surface area contributed by atoms with Crippen molar-refractivity contribution in [2.75, 3.05) is 11.5 Å². The van der Waals surface area contributed by atoms with Gasteiger partial charge in [0.2, 0.25) is 6.79 Å². The minimum Gasteiger partial charge on any atom is -0.454 e. The molecule has 0 spiro atoms. The van der Waals surface area contributed by atoms with E-state index in [0.717, 1.165) is 17.5 Å². The quantitative estimate of drug-likeness (QED) is 0.655. The number of nitrogens with one attached hydrogen (secondary N) is 2. The molecular formula is C22H22N2O5S. The van der Waals surface area contributed by atoms with Crippen LogP contribution in [0.3, 0.4) is 0 Å². The molecule has 8 heteroatoms. The predicted octanol–water partition coefficient (Wildman–Crippen LogP) is 4.16. The molecule has 0 saturated carbocycles. The third-order valence-corrected chi connectivity index (χ3v) is 7.18. The lowest BCUT2D eigenvalue weighted by atomic mass is 9.76. The molecule has 5 rings (SSSR count). The maximum Gasteiger partial charge on any atom is 0.262 e. The molecule has 0 amide bonds. The van der Waals surface area contributed by atoms with E-state index in [2.05, 4.69) is 23.6 Å². The average molecular weight is 426 g/mol. The minimum absolute atomic E-state index is 0.0981. The molecule has 2 aliphatic rings. The van der Waals surface area contributed by atoms with Crippen LogP contribution in [0.5, 0.6) is 11.5 Å². The first-order valence-electron chi connectivity index (χ1n) is 9.74. The van der Waals surface area contributed by atoms with Crippen LogP contribution in [0.4, 0.5) is 5.69 Å². The van der Waals surface area contributed by atoms with E-state index < -0.39 is 10.0 Å². The third-order valence-electron chi connectivity index (χ3n) is 5.66. The van der Waals surface area contributed by atoms with Gasteiger partial charge in [-0.3, -0.25) is 9.52 Å². The molecule has 0 unspecified atom stereocenters. The smallest absolute Gasteiger partial charge is 0.262 e. The van der Waals surface area contributed by atoms with Crippen LogP contribution < -0.4 is 14.2 Å². The van der Waals surface area contributed by atoms with Crippen LogP contribution in [0.15, 0.2) is 35.2 Å². The number of hydrogen-bond acceptors (Lipinski definition) is 5. The summed E-state index contributed by atoms with van der Waals surface area (Å²) in [5.41, 5.74) is 3.08. The Morgan fingerprint density at radius 3 is 2.63 bits per heavy atom. The van der Waals surface area contributed by atoms with Crippen molar-refractivity contribution in [1.82, 2.24) is 4.98 Å². The van der Waals surface area contributed by atoms with Crippen LogP contribution in [0, 0.1) is 12.3 Å². The van der Waals surface area contributed by atoms with Gasteiger partial charge < -0.3 is 14.5 Å². The van der Waals surface area contributed by atoms with Crippen LogP contribution >= 0.6 is 0 Å². The van der Waals surface area contributed by atoms with Gasteiger partial charge in [0.15, 0.2) is 17.3 Å². The topological polar surface area (TPSA) is 97.5 Å². The molecular weight excluding hydrogens is 404 g/mol. The van der Waals surface area contributed by atoms with Gasteiger partial charge in [-0.2, -0.15) is 0 Å². The molecule has 0 saturated heterocycles. The standard InChI is InChI=1S/C22H22N2O5S/c1-12-6-14-15(23-16-9-22(2,3)10-17(25)21(14)16)8-20(12)30(26,27)24-13-4-5-18-19(7-13)29-11-28-18/h4-8,23-24H,9-11H2,1-3H3. The van der Waals surface area contributed by atoms with Crippen LogP contribution in [0.1, 0.15) is 41.9 Å². The Balaban J connectivity index is 1.56. The molecule has 0 fully saturated rings. The van der Waals surface area contributed by atoms with Gasteiger partial charge >= 0.3 is 0 Å². The number of aromatic amines is 1. The Morgan fingerprint density at radius 1 is 1.07 bits per heavy atom. The molecule has 2 N–H and O–H groups in total. The molecule has 1 aliphatic carbocycles. The SMILES string of the molecule is Cc1cc2c3c([nH]c2cc1S(=O)(=O)Nc1ccc2c(c1)OCO2)CC(C)(C)CC3=O. The number of carbonyl (C=O) groups is 1. The lowest BCUT2D eigenvalue weighted by molar-refractivity contribution is 0.0913. The number of aryl methyl sites for hydroxylation is 1. The van der Waals surface area contributed by atoms with E-state index in [1.807, 2.05) is 0 Å². The van der Waals surface area contributed by atoms with Crippen molar-refractivity contribution in [2.24, 2.45) is 5.41 Å². The summed E-state index contributed by atoms with van der Waals surface area (Å²) < 4.78 is 39.4. The summed E-state index contributed by atoms with van der Waals surface area (Å²) in [5.74, 6) is 1.18. The number of hydrogen-bond donors (Lipinski definition) is 2. The Morgan fingerprint density at radius 2 is 1.83 bits per heavy atom. The number of benzene rings is 2. The Labute approximate surface area is 174 Å². The molecule has 1 aromatic heterocycles. The summed E-state index contributed by atoms with van der Waals surface area (Å²) in [7, 11) is -3.84. The number of rotatable bonds is 3. The second-order valence-electron chi connectivity index (χ2n) is 8.76. The zero-order valence-electron chi connectivity index (χ0n) is 17.0. The molecule has 30 heavy (non-hydrogen) atoms. The summed E-state index contributed by atoms with van der Waals surface area (Å²) in [6.07, 6.45) is 1.23. The highest BCUT2D eigenvalue weighted by Gasteiger charge is 2.34. The van der Waals surface area contributed by atoms with Crippen LogP contribution in [0.25, 0.3) is 10.9 Å². The number of anilines is 1. The average Bonchev–Trinajstić information content (AvgIpc) is 3.22. The summed E-state index contributed by atoms with van der Waals surface area (Å²) in [6, 6.07) is 8.30. The second kappa shape index (κ2) is 6.25. The fraction of sp³-hybridized carbons (Fsp3) is 0.318. The first-order valence-corrected chi connectivity index (χ1v) is 11.2. The van der Waals surface area contributed by atoms with E-state index in [-0.39, 0.29) is 22.9 Å². The van der Waals surface area contributed by atoms with E-state index in [1.54, 1.807) is 37.3 Å². The molecule has 1 aliphatic heterocycles. The normalized spacial score (nSPS) is 17.2. The zero-order valence-corrected chi connectivity index (χ0v) is 17.8. The Bertz CT molecular complexity index is 1320. The van der Waals surface area contributed by atoms with Crippen molar-refractivity contribution in [3.8, 4) is 11.5 Å². The fourth-order valence-corrected chi connectivity index (χ4v) is 5.66. The van der Waals surface area contributed by atoms with Crippen molar-refractivity contribution < 1.29 is 22.7 Å². The molecule has 3 aromatic rings. The number of ether oxygens (including phenoxy) is 2. The third kappa shape index (κ3) is 3.02. The molecule has 0 bridgehead atoms. The van der Waals surface area contributed by atoms with Gasteiger partial charge in [0.25, 0.3) is 10.0 Å². The van der Waals surface area contributed by atoms with Gasteiger partial charge in [0, 0.05) is 34.6 Å². The molecule has 2 aromatic carbocycles. The Hall–Kier alpha value is -3.00. The van der Waals surface area contributed by atoms with E-state index in [0.29, 0.717) is 40.3 Å². The fourth-order valence-electron chi connectivity index (χ4n) is 4.36. The summed E-state index contributed by atoms with van der Waals surface area (Å²) in [4.78, 5) is 16.2. The zero-order chi connectivity index (χ0) is 21.3. The highest BCUT2D eigenvalue weighted by Crippen LogP contribution is 2.39. The molecule has 2 heterocycles. The van der Waals surface area contributed by atoms with Gasteiger partial charge in [0.05, 0.1) is 10.6 Å². The number of H-pyrrole nitrogens is 1. The van der Waals surface area contributed by atoms with Crippen LogP contribution in [0.2, 0.25) is 0 Å². The number of aromatic nitrogens is 1. The first kappa shape index (κ1) is 19.0. The van der Waals surface area contributed by atoms with Gasteiger partial charge in [-0.05, 0) is 48.6 Å².